The van der Waals surface area contributed by atoms with Crippen LogP contribution in [0.1, 0.15) is 5.56 Å². The SMILES string of the molecule is Cc1[c]ccc(F)c1-c1c(F)cc(Br)cc1F. The number of rotatable bonds is 1. The lowest BCUT2D eigenvalue weighted by Gasteiger charge is -2.09. The molecule has 0 aromatic heterocycles. The second-order valence-corrected chi connectivity index (χ2v) is 4.49. The fraction of sp³-hybridized carbons (Fsp3) is 0.0769. The lowest BCUT2D eigenvalue weighted by Crippen LogP contribution is -1.96. The van der Waals surface area contributed by atoms with E-state index in [1.165, 1.54) is 6.07 Å². The normalized spacial score (nSPS) is 10.6. The first-order chi connectivity index (χ1) is 8.00. The van der Waals surface area contributed by atoms with Gasteiger partial charge >= 0.3 is 0 Å². The lowest BCUT2D eigenvalue weighted by atomic mass is 9.99. The third kappa shape index (κ3) is 2.22. The average molecular weight is 300 g/mol. The van der Waals surface area contributed by atoms with Gasteiger partial charge in [-0.1, -0.05) is 22.0 Å². The second kappa shape index (κ2) is 4.53. The monoisotopic (exact) mass is 299 g/mol. The van der Waals surface area contributed by atoms with E-state index in [1.807, 2.05) is 0 Å². The molecular weight excluding hydrogens is 293 g/mol. The van der Waals surface area contributed by atoms with Crippen molar-refractivity contribution in [2.75, 3.05) is 0 Å². The lowest BCUT2D eigenvalue weighted by molar-refractivity contribution is 0.580. The summed E-state index contributed by atoms with van der Waals surface area (Å²) >= 11 is 2.98. The average Bonchev–Trinajstić information content (AvgIpc) is 2.21. The quantitative estimate of drug-likeness (QED) is 0.719. The summed E-state index contributed by atoms with van der Waals surface area (Å²) in [6, 6.07) is 7.43. The topological polar surface area (TPSA) is 0 Å². The zero-order valence-corrected chi connectivity index (χ0v) is 10.4. The van der Waals surface area contributed by atoms with Gasteiger partial charge in [0.15, 0.2) is 0 Å². The van der Waals surface area contributed by atoms with Gasteiger partial charge in [0, 0.05) is 10.0 Å². The molecule has 0 nitrogen and oxygen atoms in total. The molecule has 1 radical (unpaired) electrons. The largest absolute Gasteiger partial charge is 0.206 e. The summed E-state index contributed by atoms with van der Waals surface area (Å²) in [6.07, 6.45) is 0. The van der Waals surface area contributed by atoms with Crippen molar-refractivity contribution in [1.29, 1.82) is 0 Å². The predicted molar refractivity (Wildman–Crippen MR) is 63.0 cm³/mol. The number of hydrogen-bond donors (Lipinski definition) is 0. The first-order valence-corrected chi connectivity index (χ1v) is 5.61. The first kappa shape index (κ1) is 12.2. The maximum Gasteiger partial charge on any atom is 0.135 e. The van der Waals surface area contributed by atoms with Crippen molar-refractivity contribution < 1.29 is 13.2 Å². The Morgan fingerprint density at radius 3 is 2.12 bits per heavy atom. The molecular formula is C13H7BrF3. The van der Waals surface area contributed by atoms with Gasteiger partial charge in [-0.25, -0.2) is 13.2 Å². The molecule has 0 aliphatic carbocycles. The summed E-state index contributed by atoms with van der Waals surface area (Å²) in [4.78, 5) is 0. The van der Waals surface area contributed by atoms with Crippen LogP contribution in [0.15, 0.2) is 28.7 Å². The van der Waals surface area contributed by atoms with Gasteiger partial charge in [-0.3, -0.25) is 0 Å². The Morgan fingerprint density at radius 1 is 1.00 bits per heavy atom. The van der Waals surface area contributed by atoms with E-state index in [2.05, 4.69) is 22.0 Å². The van der Waals surface area contributed by atoms with Crippen molar-refractivity contribution >= 4 is 15.9 Å². The van der Waals surface area contributed by atoms with E-state index in [9.17, 15) is 13.2 Å². The zero-order valence-electron chi connectivity index (χ0n) is 8.82. The fourth-order valence-electron chi connectivity index (χ4n) is 1.66. The summed E-state index contributed by atoms with van der Waals surface area (Å²) < 4.78 is 41.3. The predicted octanol–water partition coefficient (Wildman–Crippen LogP) is 4.64. The summed E-state index contributed by atoms with van der Waals surface area (Å²) in [5.41, 5.74) is -0.0832. The van der Waals surface area contributed by atoms with E-state index in [4.69, 9.17) is 0 Å². The standard InChI is InChI=1S/C13H7BrF3/c1-7-3-2-4-9(15)12(7)13-10(16)5-8(14)6-11(13)17/h2,4-6H,1H3. The first-order valence-electron chi connectivity index (χ1n) is 4.82. The molecule has 0 spiro atoms. The molecule has 0 saturated heterocycles. The molecule has 0 saturated carbocycles. The molecule has 0 fully saturated rings. The molecule has 0 bridgehead atoms. The highest BCUT2D eigenvalue weighted by Gasteiger charge is 2.18. The van der Waals surface area contributed by atoms with Gasteiger partial charge in [0.25, 0.3) is 0 Å². The molecule has 2 aromatic rings. The minimum atomic E-state index is -0.807. The summed E-state index contributed by atoms with van der Waals surface area (Å²) in [5.74, 6) is -2.28. The van der Waals surface area contributed by atoms with Gasteiger partial charge < -0.3 is 0 Å². The number of halogens is 4. The van der Waals surface area contributed by atoms with Crippen molar-refractivity contribution in [2.24, 2.45) is 0 Å². The zero-order chi connectivity index (χ0) is 12.6. The van der Waals surface area contributed by atoms with Gasteiger partial charge in [0.1, 0.15) is 17.5 Å². The number of hydrogen-bond acceptors (Lipinski definition) is 0. The van der Waals surface area contributed by atoms with Crippen LogP contribution >= 0.6 is 15.9 Å². The Morgan fingerprint density at radius 2 is 1.59 bits per heavy atom. The summed E-state index contributed by atoms with van der Waals surface area (Å²) in [5, 5.41) is 0. The van der Waals surface area contributed by atoms with Crippen LogP contribution < -0.4 is 0 Å². The van der Waals surface area contributed by atoms with Gasteiger partial charge in [-0.05, 0) is 36.8 Å². The molecule has 0 N–H and O–H groups in total. The molecule has 0 atom stereocenters. The van der Waals surface area contributed by atoms with Crippen molar-refractivity contribution in [3.63, 3.8) is 0 Å². The van der Waals surface area contributed by atoms with E-state index in [0.29, 0.717) is 5.56 Å². The molecule has 0 amide bonds. The van der Waals surface area contributed by atoms with Gasteiger partial charge in [-0.2, -0.15) is 0 Å². The second-order valence-electron chi connectivity index (χ2n) is 3.57. The van der Waals surface area contributed by atoms with Crippen molar-refractivity contribution in [3.8, 4) is 11.1 Å². The molecule has 2 rings (SSSR count). The van der Waals surface area contributed by atoms with Crippen LogP contribution in [0.2, 0.25) is 0 Å². The van der Waals surface area contributed by atoms with E-state index < -0.39 is 17.5 Å². The van der Waals surface area contributed by atoms with Crippen LogP contribution in [0.3, 0.4) is 0 Å². The van der Waals surface area contributed by atoms with Gasteiger partial charge in [-0.15, -0.1) is 0 Å². The Bertz CT molecular complexity index is 536. The Hall–Kier alpha value is -1.29. The van der Waals surface area contributed by atoms with Gasteiger partial charge in [0.05, 0.1) is 5.56 Å². The molecule has 0 unspecified atom stereocenters. The van der Waals surface area contributed by atoms with Crippen LogP contribution in [-0.4, -0.2) is 0 Å². The molecule has 17 heavy (non-hydrogen) atoms. The third-order valence-corrected chi connectivity index (χ3v) is 2.86. The van der Waals surface area contributed by atoms with Crippen LogP contribution in [0.4, 0.5) is 13.2 Å². The molecule has 0 aliphatic heterocycles. The number of benzene rings is 2. The van der Waals surface area contributed by atoms with Crippen LogP contribution in [0.5, 0.6) is 0 Å². The molecule has 0 heterocycles. The van der Waals surface area contributed by atoms with Crippen LogP contribution in [0, 0.1) is 30.4 Å². The third-order valence-electron chi connectivity index (χ3n) is 2.40. The molecule has 87 valence electrons. The van der Waals surface area contributed by atoms with Crippen molar-refractivity contribution in [2.45, 2.75) is 6.92 Å². The molecule has 4 heteroatoms. The van der Waals surface area contributed by atoms with Crippen molar-refractivity contribution in [3.05, 3.63) is 57.8 Å². The van der Waals surface area contributed by atoms with Crippen molar-refractivity contribution in [1.82, 2.24) is 0 Å². The smallest absolute Gasteiger partial charge is 0.135 e. The minimum absolute atomic E-state index is 0.0880. The molecule has 2 aromatic carbocycles. The maximum absolute atomic E-state index is 13.7. The van der Waals surface area contributed by atoms with E-state index in [-0.39, 0.29) is 15.6 Å². The number of aryl methyl sites for hydroxylation is 1. The maximum atomic E-state index is 13.7. The van der Waals surface area contributed by atoms with Crippen LogP contribution in [-0.2, 0) is 0 Å². The Labute approximate surface area is 105 Å². The van der Waals surface area contributed by atoms with Gasteiger partial charge in [0.2, 0.25) is 0 Å². The minimum Gasteiger partial charge on any atom is -0.206 e. The highest BCUT2D eigenvalue weighted by atomic mass is 79.9. The molecule has 0 aliphatic rings. The highest BCUT2D eigenvalue weighted by Crippen LogP contribution is 2.32. The van der Waals surface area contributed by atoms with Crippen LogP contribution in [0.25, 0.3) is 11.1 Å². The Balaban J connectivity index is 2.77. The highest BCUT2D eigenvalue weighted by molar-refractivity contribution is 9.10. The van der Waals surface area contributed by atoms with E-state index >= 15 is 0 Å². The van der Waals surface area contributed by atoms with E-state index in [0.717, 1.165) is 18.2 Å². The van der Waals surface area contributed by atoms with E-state index in [1.54, 1.807) is 6.92 Å². The fourth-order valence-corrected chi connectivity index (χ4v) is 2.06. The summed E-state index contributed by atoms with van der Waals surface area (Å²) in [6.45, 7) is 1.55. The Kier molecular flexibility index (Phi) is 3.24. The summed E-state index contributed by atoms with van der Waals surface area (Å²) in [7, 11) is 0.